The molecule has 1 aromatic carbocycles. The lowest BCUT2D eigenvalue weighted by molar-refractivity contribution is 0.220. The number of carbonyl (C=O) groups excluding carboxylic acids is 1. The molecule has 0 radical (unpaired) electrons. The number of aryl methyl sites for hydroxylation is 1. The molecule has 100 valence electrons. The smallest absolute Gasteiger partial charge is 0.315 e. The van der Waals surface area contributed by atoms with Crippen LogP contribution >= 0.6 is 0 Å². The fourth-order valence-electron chi connectivity index (χ4n) is 1.48. The highest BCUT2D eigenvalue weighted by molar-refractivity contribution is 5.74. The van der Waals surface area contributed by atoms with Gasteiger partial charge in [0.2, 0.25) is 0 Å². The molecule has 0 aliphatic rings. The van der Waals surface area contributed by atoms with Gasteiger partial charge in [-0.1, -0.05) is 12.1 Å². The molecule has 0 bridgehead atoms. The van der Waals surface area contributed by atoms with E-state index >= 15 is 0 Å². The van der Waals surface area contributed by atoms with E-state index in [4.69, 9.17) is 10.2 Å². The molecule has 4 N–H and O–H groups in total. The number of nitrogens with one attached hydrogen (secondary N) is 2. The van der Waals surface area contributed by atoms with Crippen molar-refractivity contribution in [3.05, 3.63) is 29.8 Å². The molecule has 0 aliphatic carbocycles. The molecule has 0 spiro atoms. The third-order valence-electron chi connectivity index (χ3n) is 2.52. The van der Waals surface area contributed by atoms with Gasteiger partial charge in [-0.3, -0.25) is 0 Å². The van der Waals surface area contributed by atoms with Crippen molar-refractivity contribution in [1.82, 2.24) is 10.6 Å². The Balaban J connectivity index is 2.15. The predicted molar refractivity (Wildman–Crippen MR) is 69.5 cm³/mol. The second-order valence-electron chi connectivity index (χ2n) is 4.25. The SMILES string of the molecule is CC(CO)NC(=O)NCCCc1ccc(O)cc1. The first-order valence-electron chi connectivity index (χ1n) is 6.05. The van der Waals surface area contributed by atoms with Crippen LogP contribution in [-0.4, -0.2) is 35.4 Å². The zero-order valence-electron chi connectivity index (χ0n) is 10.5. The molecule has 0 heterocycles. The molecule has 2 amide bonds. The second kappa shape index (κ2) is 7.55. The van der Waals surface area contributed by atoms with Gasteiger partial charge in [-0.2, -0.15) is 0 Å². The lowest BCUT2D eigenvalue weighted by atomic mass is 10.1. The lowest BCUT2D eigenvalue weighted by Crippen LogP contribution is -2.42. The summed E-state index contributed by atoms with van der Waals surface area (Å²) in [4.78, 5) is 11.3. The van der Waals surface area contributed by atoms with Crippen LogP contribution in [0.15, 0.2) is 24.3 Å². The maximum Gasteiger partial charge on any atom is 0.315 e. The number of aliphatic hydroxyl groups is 1. The minimum Gasteiger partial charge on any atom is -0.508 e. The Morgan fingerprint density at radius 2 is 2.00 bits per heavy atom. The Hall–Kier alpha value is -1.75. The molecule has 5 heteroatoms. The standard InChI is InChI=1S/C13H20N2O3/c1-10(9-16)15-13(18)14-8-2-3-11-4-6-12(17)7-5-11/h4-7,10,16-17H,2-3,8-9H2,1H3,(H2,14,15,18). The minimum absolute atomic E-state index is 0.0685. The summed E-state index contributed by atoms with van der Waals surface area (Å²) in [6, 6.07) is 6.54. The first-order chi connectivity index (χ1) is 8.61. The Morgan fingerprint density at radius 3 is 2.61 bits per heavy atom. The largest absolute Gasteiger partial charge is 0.508 e. The Bertz CT molecular complexity index is 365. The Morgan fingerprint density at radius 1 is 1.33 bits per heavy atom. The lowest BCUT2D eigenvalue weighted by Gasteiger charge is -2.11. The van der Waals surface area contributed by atoms with Crippen LogP contribution in [-0.2, 0) is 6.42 Å². The quantitative estimate of drug-likeness (QED) is 0.570. The number of benzene rings is 1. The fraction of sp³-hybridized carbons (Fsp3) is 0.462. The molecule has 0 aliphatic heterocycles. The second-order valence-corrected chi connectivity index (χ2v) is 4.25. The Labute approximate surface area is 107 Å². The maximum atomic E-state index is 11.3. The molecule has 18 heavy (non-hydrogen) atoms. The third-order valence-corrected chi connectivity index (χ3v) is 2.52. The van der Waals surface area contributed by atoms with E-state index < -0.39 is 0 Å². The van der Waals surface area contributed by atoms with Gasteiger partial charge in [-0.25, -0.2) is 4.79 Å². The molecule has 0 aromatic heterocycles. The number of phenols is 1. The van der Waals surface area contributed by atoms with Gasteiger partial charge in [-0.15, -0.1) is 0 Å². The van der Waals surface area contributed by atoms with Crippen LogP contribution in [0.5, 0.6) is 5.75 Å². The topological polar surface area (TPSA) is 81.6 Å². The summed E-state index contributed by atoms with van der Waals surface area (Å²) in [5.74, 6) is 0.259. The molecule has 0 saturated carbocycles. The molecule has 1 atom stereocenters. The molecule has 1 rings (SSSR count). The fourth-order valence-corrected chi connectivity index (χ4v) is 1.48. The van der Waals surface area contributed by atoms with E-state index in [1.807, 2.05) is 12.1 Å². The summed E-state index contributed by atoms with van der Waals surface area (Å²) >= 11 is 0. The van der Waals surface area contributed by atoms with Gasteiger partial charge >= 0.3 is 6.03 Å². The molecule has 5 nitrogen and oxygen atoms in total. The normalized spacial score (nSPS) is 11.9. The van der Waals surface area contributed by atoms with E-state index in [-0.39, 0.29) is 24.4 Å². The molecular formula is C13H20N2O3. The monoisotopic (exact) mass is 252 g/mol. The summed E-state index contributed by atoms with van der Waals surface area (Å²) in [6.07, 6.45) is 1.67. The van der Waals surface area contributed by atoms with Crippen molar-refractivity contribution in [3.63, 3.8) is 0 Å². The first kappa shape index (κ1) is 14.3. The van der Waals surface area contributed by atoms with Crippen LogP contribution in [0, 0.1) is 0 Å². The molecule has 0 fully saturated rings. The summed E-state index contributed by atoms with van der Waals surface area (Å²) in [6.45, 7) is 2.24. The van der Waals surface area contributed by atoms with Crippen LogP contribution in [0.25, 0.3) is 0 Å². The molecule has 1 unspecified atom stereocenters. The number of hydrogen-bond donors (Lipinski definition) is 4. The highest BCUT2D eigenvalue weighted by Gasteiger charge is 2.04. The van der Waals surface area contributed by atoms with Gasteiger partial charge in [0.15, 0.2) is 0 Å². The number of rotatable bonds is 6. The van der Waals surface area contributed by atoms with Gasteiger partial charge in [0, 0.05) is 6.54 Å². The van der Waals surface area contributed by atoms with Gasteiger partial charge in [-0.05, 0) is 37.5 Å². The maximum absolute atomic E-state index is 11.3. The van der Waals surface area contributed by atoms with Gasteiger partial charge in [0.05, 0.1) is 12.6 Å². The highest BCUT2D eigenvalue weighted by Crippen LogP contribution is 2.10. The number of aromatic hydroxyl groups is 1. The van der Waals surface area contributed by atoms with Gasteiger partial charge < -0.3 is 20.8 Å². The van der Waals surface area contributed by atoms with E-state index in [9.17, 15) is 4.79 Å². The van der Waals surface area contributed by atoms with E-state index in [0.29, 0.717) is 6.54 Å². The Kier molecular flexibility index (Phi) is 6.00. The number of aliphatic hydroxyl groups excluding tert-OH is 1. The van der Waals surface area contributed by atoms with Crippen molar-refractivity contribution < 1.29 is 15.0 Å². The average molecular weight is 252 g/mol. The molecule has 1 aromatic rings. The zero-order chi connectivity index (χ0) is 13.4. The first-order valence-corrected chi connectivity index (χ1v) is 6.05. The zero-order valence-corrected chi connectivity index (χ0v) is 10.5. The van der Waals surface area contributed by atoms with Crippen molar-refractivity contribution in [1.29, 1.82) is 0 Å². The van der Waals surface area contributed by atoms with Crippen LogP contribution in [0.4, 0.5) is 4.79 Å². The van der Waals surface area contributed by atoms with E-state index in [1.54, 1.807) is 19.1 Å². The van der Waals surface area contributed by atoms with Crippen molar-refractivity contribution in [2.45, 2.75) is 25.8 Å². The van der Waals surface area contributed by atoms with Crippen LogP contribution < -0.4 is 10.6 Å². The van der Waals surface area contributed by atoms with Crippen LogP contribution in [0.2, 0.25) is 0 Å². The van der Waals surface area contributed by atoms with Crippen LogP contribution in [0.3, 0.4) is 0 Å². The number of urea groups is 1. The molecular weight excluding hydrogens is 232 g/mol. The van der Waals surface area contributed by atoms with Crippen molar-refractivity contribution in [2.75, 3.05) is 13.2 Å². The van der Waals surface area contributed by atoms with Gasteiger partial charge in [0.25, 0.3) is 0 Å². The van der Waals surface area contributed by atoms with E-state index in [1.165, 1.54) is 0 Å². The molecule has 0 saturated heterocycles. The number of amides is 2. The predicted octanol–water partition coefficient (Wildman–Crippen LogP) is 1.00. The average Bonchev–Trinajstić information content (AvgIpc) is 2.36. The van der Waals surface area contributed by atoms with E-state index in [2.05, 4.69) is 10.6 Å². The summed E-state index contributed by atoms with van der Waals surface area (Å²) < 4.78 is 0. The van der Waals surface area contributed by atoms with Gasteiger partial charge in [0.1, 0.15) is 5.75 Å². The van der Waals surface area contributed by atoms with Crippen LogP contribution in [0.1, 0.15) is 18.9 Å². The number of phenolic OH excluding ortho intramolecular Hbond substituents is 1. The van der Waals surface area contributed by atoms with Crippen molar-refractivity contribution in [3.8, 4) is 5.75 Å². The number of carbonyl (C=O) groups is 1. The third kappa shape index (κ3) is 5.54. The summed E-state index contributed by atoms with van der Waals surface area (Å²) in [7, 11) is 0. The summed E-state index contributed by atoms with van der Waals surface area (Å²) in [5, 5.41) is 23.2. The minimum atomic E-state index is -0.262. The van der Waals surface area contributed by atoms with Crippen molar-refractivity contribution in [2.24, 2.45) is 0 Å². The number of hydrogen-bond acceptors (Lipinski definition) is 3. The summed E-state index contributed by atoms with van der Waals surface area (Å²) in [5.41, 5.74) is 1.12. The van der Waals surface area contributed by atoms with Crippen molar-refractivity contribution >= 4 is 6.03 Å². The highest BCUT2D eigenvalue weighted by atomic mass is 16.3. The van der Waals surface area contributed by atoms with E-state index in [0.717, 1.165) is 18.4 Å².